The molecule has 4 nitrogen and oxygen atoms in total. The summed E-state index contributed by atoms with van der Waals surface area (Å²) < 4.78 is 10.6. The predicted molar refractivity (Wildman–Crippen MR) is 131 cm³/mol. The molecule has 4 heteroatoms. The van der Waals surface area contributed by atoms with Crippen LogP contribution in [-0.2, 0) is 10.2 Å². The third kappa shape index (κ3) is 5.80. The topological polar surface area (TPSA) is 38.8 Å². The fourth-order valence-corrected chi connectivity index (χ4v) is 4.70. The van der Waals surface area contributed by atoms with E-state index in [0.29, 0.717) is 0 Å². The summed E-state index contributed by atoms with van der Waals surface area (Å²) in [7, 11) is 3.37. The van der Waals surface area contributed by atoms with Gasteiger partial charge in [-0.2, -0.15) is 0 Å². The zero-order valence-corrected chi connectivity index (χ0v) is 20.0. The molecule has 0 aliphatic carbocycles. The Bertz CT molecular complexity index is 893. The van der Waals surface area contributed by atoms with Crippen molar-refractivity contribution in [2.75, 3.05) is 33.9 Å². The zero-order chi connectivity index (χ0) is 23.0. The number of likely N-dealkylation sites (tertiary alicyclic amines) is 1. The van der Waals surface area contributed by atoms with Crippen LogP contribution in [0, 0.1) is 5.92 Å². The van der Waals surface area contributed by atoms with E-state index in [0.717, 1.165) is 62.4 Å². The largest absolute Gasteiger partial charge is 0.497 e. The second-order valence-corrected chi connectivity index (χ2v) is 9.07. The predicted octanol–water partition coefficient (Wildman–Crippen LogP) is 5.76. The Morgan fingerprint density at radius 3 is 2.28 bits per heavy atom. The lowest BCUT2D eigenvalue weighted by molar-refractivity contribution is -0.114. The van der Waals surface area contributed by atoms with Crippen LogP contribution in [0.4, 0.5) is 0 Å². The molecule has 0 aromatic heterocycles. The fraction of sp³-hybridized carbons (Fsp3) is 0.464. The molecule has 0 spiro atoms. The summed E-state index contributed by atoms with van der Waals surface area (Å²) in [6.07, 6.45) is 7.54. The molecule has 1 aliphatic rings. The summed E-state index contributed by atoms with van der Waals surface area (Å²) in [5, 5.41) is 0. The third-order valence-electron chi connectivity index (χ3n) is 6.90. The average molecular weight is 436 g/mol. The van der Waals surface area contributed by atoms with Crippen LogP contribution in [0.25, 0.3) is 6.08 Å². The van der Waals surface area contributed by atoms with Gasteiger partial charge in [-0.15, -0.1) is 0 Å². The number of hydrogen-bond acceptors (Lipinski definition) is 4. The Kier molecular flexibility index (Phi) is 8.52. The normalized spacial score (nSPS) is 16.5. The van der Waals surface area contributed by atoms with Gasteiger partial charge in [0.2, 0.25) is 0 Å². The number of ether oxygens (including phenoxy) is 2. The van der Waals surface area contributed by atoms with Gasteiger partial charge in [0.15, 0.2) is 0 Å². The van der Waals surface area contributed by atoms with E-state index in [2.05, 4.69) is 37.0 Å². The van der Waals surface area contributed by atoms with Crippen LogP contribution in [0.1, 0.15) is 50.7 Å². The summed E-state index contributed by atoms with van der Waals surface area (Å²) in [5.74, 6) is 1.97. The van der Waals surface area contributed by atoms with E-state index >= 15 is 0 Å². The summed E-state index contributed by atoms with van der Waals surface area (Å²) in [5.41, 5.74) is 3.35. The number of aldehydes is 1. The number of carbonyl (C=O) groups excluding carboxylic acids is 1. The summed E-state index contributed by atoms with van der Waals surface area (Å²) in [4.78, 5) is 14.8. The van der Waals surface area contributed by atoms with E-state index in [1.165, 1.54) is 17.4 Å². The van der Waals surface area contributed by atoms with Gasteiger partial charge in [0.25, 0.3) is 0 Å². The zero-order valence-electron chi connectivity index (χ0n) is 20.0. The van der Waals surface area contributed by atoms with Crippen molar-refractivity contribution in [2.24, 2.45) is 5.92 Å². The first-order valence-corrected chi connectivity index (χ1v) is 11.7. The molecule has 1 aliphatic heterocycles. The van der Waals surface area contributed by atoms with E-state index in [1.54, 1.807) is 14.2 Å². The summed E-state index contributed by atoms with van der Waals surface area (Å²) in [6.45, 7) is 7.48. The smallest absolute Gasteiger partial charge is 0.130 e. The number of methoxy groups -OCH3 is 2. The van der Waals surface area contributed by atoms with Crippen LogP contribution >= 0.6 is 0 Å². The van der Waals surface area contributed by atoms with Crippen LogP contribution < -0.4 is 9.47 Å². The highest BCUT2D eigenvalue weighted by Gasteiger charge is 2.35. The monoisotopic (exact) mass is 435 g/mol. The molecular weight excluding hydrogens is 398 g/mol. The lowest BCUT2D eigenvalue weighted by Crippen LogP contribution is -2.37. The van der Waals surface area contributed by atoms with Gasteiger partial charge in [-0.25, -0.2) is 0 Å². The van der Waals surface area contributed by atoms with Crippen LogP contribution in [-0.4, -0.2) is 45.0 Å². The van der Waals surface area contributed by atoms with E-state index < -0.39 is 5.41 Å². The minimum Gasteiger partial charge on any atom is -0.497 e. The van der Waals surface area contributed by atoms with Crippen molar-refractivity contribution in [3.8, 4) is 11.5 Å². The first kappa shape index (κ1) is 24.1. The molecule has 0 radical (unpaired) electrons. The van der Waals surface area contributed by atoms with Crippen LogP contribution in [0.3, 0.4) is 0 Å². The fourth-order valence-electron chi connectivity index (χ4n) is 4.70. The lowest BCUT2D eigenvalue weighted by atomic mass is 9.70. The number of carbonyl (C=O) groups is 1. The van der Waals surface area contributed by atoms with Gasteiger partial charge in [-0.3, -0.25) is 0 Å². The van der Waals surface area contributed by atoms with Crippen molar-refractivity contribution in [2.45, 2.75) is 44.9 Å². The summed E-state index contributed by atoms with van der Waals surface area (Å²) in [6, 6.07) is 16.2. The second-order valence-electron chi connectivity index (χ2n) is 9.07. The third-order valence-corrected chi connectivity index (χ3v) is 6.90. The molecule has 0 saturated carbocycles. The number of piperidine rings is 1. The van der Waals surface area contributed by atoms with Gasteiger partial charge in [-0.05, 0) is 73.5 Å². The molecule has 0 bridgehead atoms. The van der Waals surface area contributed by atoms with Gasteiger partial charge in [0, 0.05) is 13.1 Å². The molecule has 2 aromatic rings. The van der Waals surface area contributed by atoms with Crippen LogP contribution in [0.15, 0.2) is 54.1 Å². The van der Waals surface area contributed by atoms with Gasteiger partial charge >= 0.3 is 0 Å². The summed E-state index contributed by atoms with van der Waals surface area (Å²) >= 11 is 0. The molecule has 2 aromatic carbocycles. The van der Waals surface area contributed by atoms with E-state index in [-0.39, 0.29) is 5.92 Å². The lowest BCUT2D eigenvalue weighted by Gasteiger charge is -2.35. The average Bonchev–Trinajstić information content (AvgIpc) is 2.83. The molecule has 172 valence electrons. The molecule has 1 saturated heterocycles. The van der Waals surface area contributed by atoms with Crippen LogP contribution in [0.2, 0.25) is 0 Å². The SMILES string of the molecule is COc1ccc(C(C=O)(CCCN2CCC(=Cc3cccc(OC)c3)CC2)C(C)C)cc1. The van der Waals surface area contributed by atoms with Gasteiger partial charge in [-0.1, -0.05) is 49.8 Å². The van der Waals surface area contributed by atoms with Crippen molar-refractivity contribution in [3.05, 3.63) is 65.2 Å². The Morgan fingerprint density at radius 2 is 1.69 bits per heavy atom. The molecule has 1 atom stereocenters. The second kappa shape index (κ2) is 11.3. The number of benzene rings is 2. The van der Waals surface area contributed by atoms with Crippen molar-refractivity contribution in [3.63, 3.8) is 0 Å². The molecule has 0 N–H and O–H groups in total. The Labute approximate surface area is 193 Å². The minimum absolute atomic E-state index is 0.243. The minimum atomic E-state index is -0.445. The van der Waals surface area contributed by atoms with Gasteiger partial charge in [0.1, 0.15) is 17.8 Å². The van der Waals surface area contributed by atoms with Crippen molar-refractivity contribution in [1.29, 1.82) is 0 Å². The maximum atomic E-state index is 12.3. The number of nitrogens with zero attached hydrogens (tertiary/aromatic N) is 1. The Morgan fingerprint density at radius 1 is 1.00 bits per heavy atom. The molecule has 32 heavy (non-hydrogen) atoms. The number of hydrogen-bond donors (Lipinski definition) is 0. The molecule has 1 heterocycles. The molecule has 0 amide bonds. The highest BCUT2D eigenvalue weighted by molar-refractivity contribution is 5.69. The van der Waals surface area contributed by atoms with Gasteiger partial charge < -0.3 is 19.2 Å². The first-order chi connectivity index (χ1) is 15.5. The molecular formula is C28H37NO3. The van der Waals surface area contributed by atoms with E-state index in [1.807, 2.05) is 36.4 Å². The quantitative estimate of drug-likeness (QED) is 0.445. The van der Waals surface area contributed by atoms with Gasteiger partial charge in [0.05, 0.1) is 19.6 Å². The van der Waals surface area contributed by atoms with Crippen molar-refractivity contribution < 1.29 is 14.3 Å². The molecule has 1 fully saturated rings. The Balaban J connectivity index is 1.55. The highest BCUT2D eigenvalue weighted by Crippen LogP contribution is 2.36. The molecule has 1 unspecified atom stereocenters. The van der Waals surface area contributed by atoms with Crippen molar-refractivity contribution in [1.82, 2.24) is 4.90 Å². The maximum Gasteiger partial charge on any atom is 0.130 e. The van der Waals surface area contributed by atoms with Crippen molar-refractivity contribution >= 4 is 12.4 Å². The highest BCUT2D eigenvalue weighted by atomic mass is 16.5. The van der Waals surface area contributed by atoms with E-state index in [9.17, 15) is 4.79 Å². The number of rotatable bonds is 10. The van der Waals surface area contributed by atoms with Crippen LogP contribution in [0.5, 0.6) is 11.5 Å². The van der Waals surface area contributed by atoms with E-state index in [4.69, 9.17) is 9.47 Å². The Hall–Kier alpha value is -2.59. The standard InChI is InChI=1S/C28H37NO3/c1-22(2)28(21-30,25-9-11-26(31-3)12-10-25)15-6-16-29-17-13-23(14-18-29)19-24-7-5-8-27(20-24)32-4/h5,7-12,19-22H,6,13-18H2,1-4H3. The maximum absolute atomic E-state index is 12.3. The first-order valence-electron chi connectivity index (χ1n) is 11.7. The molecule has 3 rings (SSSR count).